The zero-order valence-electron chi connectivity index (χ0n) is 9.35. The zero-order chi connectivity index (χ0) is 12.4. The first-order chi connectivity index (χ1) is 7.26. The molecular weight excluding hydrogens is 226 g/mol. The maximum Gasteiger partial charge on any atom is 0.243 e. The smallest absolute Gasteiger partial charge is 0.243 e. The molecule has 0 atom stereocenters. The summed E-state index contributed by atoms with van der Waals surface area (Å²) in [6, 6.07) is 4.60. The summed E-state index contributed by atoms with van der Waals surface area (Å²) in [7, 11) is -3.70. The Morgan fingerprint density at radius 3 is 2.56 bits per heavy atom. The van der Waals surface area contributed by atoms with Crippen molar-refractivity contribution in [2.45, 2.75) is 31.2 Å². The van der Waals surface area contributed by atoms with Crippen molar-refractivity contribution >= 4 is 10.0 Å². The van der Waals surface area contributed by atoms with Gasteiger partial charge in [0, 0.05) is 11.7 Å². The van der Waals surface area contributed by atoms with Crippen LogP contribution in [0.3, 0.4) is 0 Å². The quantitative estimate of drug-likeness (QED) is 0.835. The monoisotopic (exact) mass is 239 g/mol. The van der Waals surface area contributed by atoms with Crippen LogP contribution in [0.25, 0.3) is 0 Å². The number of nitrogens with one attached hydrogen (secondary N) is 1. The van der Waals surface area contributed by atoms with Gasteiger partial charge in [0.25, 0.3) is 0 Å². The maximum absolute atomic E-state index is 11.9. The number of nitriles is 1. The number of rotatable bonds is 2. The first-order valence-corrected chi connectivity index (χ1v) is 6.14. The van der Waals surface area contributed by atoms with Crippen molar-refractivity contribution in [2.75, 3.05) is 0 Å². The van der Waals surface area contributed by atoms with Crippen LogP contribution in [0, 0.1) is 11.3 Å². The lowest BCUT2D eigenvalue weighted by atomic mass is 10.1. The molecule has 0 saturated heterocycles. The Labute approximate surface area is 95.2 Å². The van der Waals surface area contributed by atoms with E-state index in [0.29, 0.717) is 0 Å². The van der Waals surface area contributed by atoms with Crippen LogP contribution in [0.1, 0.15) is 26.5 Å². The molecular formula is C10H13N3O2S. The molecule has 1 heterocycles. The van der Waals surface area contributed by atoms with E-state index >= 15 is 0 Å². The van der Waals surface area contributed by atoms with Crippen molar-refractivity contribution in [3.8, 4) is 6.07 Å². The largest absolute Gasteiger partial charge is 0.244 e. The molecule has 1 aromatic rings. The molecule has 0 aliphatic rings. The van der Waals surface area contributed by atoms with E-state index in [1.54, 1.807) is 26.8 Å². The van der Waals surface area contributed by atoms with E-state index in [1.165, 1.54) is 18.3 Å². The van der Waals surface area contributed by atoms with Gasteiger partial charge in [0.15, 0.2) is 5.69 Å². The molecule has 0 spiro atoms. The fraction of sp³-hybridized carbons (Fsp3) is 0.400. The second kappa shape index (κ2) is 4.20. The predicted octanol–water partition coefficient (Wildman–Crippen LogP) is 1.03. The van der Waals surface area contributed by atoms with Gasteiger partial charge in [-0.25, -0.2) is 18.1 Å². The van der Waals surface area contributed by atoms with Gasteiger partial charge in [0.1, 0.15) is 11.0 Å². The van der Waals surface area contributed by atoms with Crippen molar-refractivity contribution in [1.29, 1.82) is 5.26 Å². The molecule has 0 aliphatic heterocycles. The van der Waals surface area contributed by atoms with E-state index in [9.17, 15) is 8.42 Å². The zero-order valence-corrected chi connectivity index (χ0v) is 10.2. The van der Waals surface area contributed by atoms with Crippen LogP contribution in [0.4, 0.5) is 0 Å². The molecule has 1 aromatic heterocycles. The van der Waals surface area contributed by atoms with Crippen molar-refractivity contribution in [3.63, 3.8) is 0 Å². The minimum Gasteiger partial charge on any atom is -0.244 e. The minimum atomic E-state index is -3.70. The SMILES string of the molecule is CC(C)(C)NS(=O)(=O)c1cccnc1C#N. The number of aromatic nitrogens is 1. The first kappa shape index (κ1) is 12.6. The third-order valence-electron chi connectivity index (χ3n) is 1.61. The van der Waals surface area contributed by atoms with E-state index in [-0.39, 0.29) is 10.6 Å². The molecule has 0 aromatic carbocycles. The van der Waals surface area contributed by atoms with Crippen LogP contribution < -0.4 is 4.72 Å². The molecule has 0 aliphatic carbocycles. The lowest BCUT2D eigenvalue weighted by molar-refractivity contribution is 0.491. The molecule has 1 N–H and O–H groups in total. The Balaban J connectivity index is 3.24. The average molecular weight is 239 g/mol. The van der Waals surface area contributed by atoms with Gasteiger partial charge in [-0.3, -0.25) is 0 Å². The van der Waals surface area contributed by atoms with Crippen LogP contribution >= 0.6 is 0 Å². The van der Waals surface area contributed by atoms with Crippen molar-refractivity contribution in [3.05, 3.63) is 24.0 Å². The molecule has 0 bridgehead atoms. The standard InChI is InChI=1S/C10H13N3O2S/c1-10(2,3)13-16(14,15)9-5-4-6-12-8(9)7-11/h4-6,13H,1-3H3. The summed E-state index contributed by atoms with van der Waals surface area (Å²) in [4.78, 5) is 3.62. The minimum absolute atomic E-state index is 0.0903. The van der Waals surface area contributed by atoms with Gasteiger partial charge in [-0.2, -0.15) is 5.26 Å². The fourth-order valence-corrected chi connectivity index (χ4v) is 2.68. The number of pyridine rings is 1. The normalized spacial score (nSPS) is 12.1. The number of nitrogens with zero attached hydrogens (tertiary/aromatic N) is 2. The van der Waals surface area contributed by atoms with Gasteiger partial charge in [-0.1, -0.05) is 0 Å². The average Bonchev–Trinajstić information content (AvgIpc) is 2.14. The van der Waals surface area contributed by atoms with Gasteiger partial charge < -0.3 is 0 Å². The highest BCUT2D eigenvalue weighted by atomic mass is 32.2. The van der Waals surface area contributed by atoms with E-state index in [4.69, 9.17) is 5.26 Å². The molecule has 0 saturated carbocycles. The fourth-order valence-electron chi connectivity index (χ4n) is 1.15. The van der Waals surface area contributed by atoms with Crippen molar-refractivity contribution in [1.82, 2.24) is 9.71 Å². The second-order valence-corrected chi connectivity index (χ2v) is 5.97. The van der Waals surface area contributed by atoms with Crippen molar-refractivity contribution in [2.24, 2.45) is 0 Å². The van der Waals surface area contributed by atoms with Gasteiger partial charge in [-0.05, 0) is 32.9 Å². The highest BCUT2D eigenvalue weighted by molar-refractivity contribution is 7.89. The first-order valence-electron chi connectivity index (χ1n) is 4.65. The maximum atomic E-state index is 11.9. The lowest BCUT2D eigenvalue weighted by Crippen LogP contribution is -2.40. The summed E-state index contributed by atoms with van der Waals surface area (Å²) < 4.78 is 26.3. The topological polar surface area (TPSA) is 82.8 Å². The van der Waals surface area contributed by atoms with Crippen LogP contribution in [0.5, 0.6) is 0 Å². The van der Waals surface area contributed by atoms with Crippen LogP contribution in [-0.4, -0.2) is 18.9 Å². The molecule has 0 amide bonds. The predicted molar refractivity (Wildman–Crippen MR) is 59.0 cm³/mol. The molecule has 0 radical (unpaired) electrons. The van der Waals surface area contributed by atoms with Crippen molar-refractivity contribution < 1.29 is 8.42 Å². The Morgan fingerprint density at radius 2 is 2.06 bits per heavy atom. The molecule has 16 heavy (non-hydrogen) atoms. The third kappa shape index (κ3) is 3.02. The number of hydrogen-bond donors (Lipinski definition) is 1. The van der Waals surface area contributed by atoms with E-state index in [1.807, 2.05) is 0 Å². The summed E-state index contributed by atoms with van der Waals surface area (Å²) in [6.07, 6.45) is 1.38. The molecule has 0 unspecified atom stereocenters. The Bertz CT molecular complexity index is 524. The Hall–Kier alpha value is -1.45. The summed E-state index contributed by atoms with van der Waals surface area (Å²) in [5.41, 5.74) is -0.694. The molecule has 5 nitrogen and oxygen atoms in total. The summed E-state index contributed by atoms with van der Waals surface area (Å²) in [6.45, 7) is 5.19. The van der Waals surface area contributed by atoms with Gasteiger partial charge in [0.05, 0.1) is 0 Å². The van der Waals surface area contributed by atoms with E-state index in [2.05, 4.69) is 9.71 Å². The summed E-state index contributed by atoms with van der Waals surface area (Å²) in [5.74, 6) is 0. The third-order valence-corrected chi connectivity index (χ3v) is 3.40. The molecule has 86 valence electrons. The van der Waals surface area contributed by atoms with Gasteiger partial charge in [0.2, 0.25) is 10.0 Å². The Morgan fingerprint density at radius 1 is 1.44 bits per heavy atom. The summed E-state index contributed by atoms with van der Waals surface area (Å²) >= 11 is 0. The van der Waals surface area contributed by atoms with Crippen LogP contribution in [0.2, 0.25) is 0 Å². The van der Waals surface area contributed by atoms with Gasteiger partial charge >= 0.3 is 0 Å². The molecule has 6 heteroatoms. The van der Waals surface area contributed by atoms with Crippen LogP contribution in [0.15, 0.2) is 23.2 Å². The lowest BCUT2D eigenvalue weighted by Gasteiger charge is -2.20. The second-order valence-electron chi connectivity index (χ2n) is 4.32. The Kier molecular flexibility index (Phi) is 3.31. The van der Waals surface area contributed by atoms with Gasteiger partial charge in [-0.15, -0.1) is 0 Å². The van der Waals surface area contributed by atoms with Crippen LogP contribution in [-0.2, 0) is 10.0 Å². The molecule has 1 rings (SSSR count). The molecule has 0 fully saturated rings. The highest BCUT2D eigenvalue weighted by Crippen LogP contribution is 2.14. The number of hydrogen-bond acceptors (Lipinski definition) is 4. The van der Waals surface area contributed by atoms with E-state index in [0.717, 1.165) is 0 Å². The van der Waals surface area contributed by atoms with E-state index < -0.39 is 15.6 Å². The summed E-state index contributed by atoms with van der Waals surface area (Å²) in [5, 5.41) is 8.78. The highest BCUT2D eigenvalue weighted by Gasteiger charge is 2.24. The number of sulfonamides is 1.